The standard InChI is InChI=1S/C18H26N2O2.ClH/c19-12-15-10-11-16(22-15)18(21)20-17(14-8-4-5-9-14)13-6-2-1-3-7-13;/h1-3,6-7,14-17H,4-5,8-12,19H2,(H,20,21);1H/t15-,16+,17?;/m1./s1. The van der Waals surface area contributed by atoms with Gasteiger partial charge < -0.3 is 15.8 Å². The third-order valence-electron chi connectivity index (χ3n) is 4.99. The molecule has 23 heavy (non-hydrogen) atoms. The van der Waals surface area contributed by atoms with Crippen LogP contribution in [0.5, 0.6) is 0 Å². The van der Waals surface area contributed by atoms with Crippen LogP contribution in [-0.4, -0.2) is 24.7 Å². The van der Waals surface area contributed by atoms with Crippen molar-refractivity contribution in [1.29, 1.82) is 0 Å². The van der Waals surface area contributed by atoms with Crippen LogP contribution in [0.3, 0.4) is 0 Å². The lowest BCUT2D eigenvalue weighted by molar-refractivity contribution is -0.133. The minimum absolute atomic E-state index is 0. The van der Waals surface area contributed by atoms with Gasteiger partial charge in [-0.3, -0.25) is 4.79 Å². The molecule has 0 spiro atoms. The molecule has 4 nitrogen and oxygen atoms in total. The van der Waals surface area contributed by atoms with Gasteiger partial charge in [0.1, 0.15) is 6.10 Å². The first-order chi connectivity index (χ1) is 10.8. The van der Waals surface area contributed by atoms with Gasteiger partial charge in [-0.1, -0.05) is 43.2 Å². The fourth-order valence-electron chi connectivity index (χ4n) is 3.74. The molecule has 1 amide bonds. The van der Waals surface area contributed by atoms with Gasteiger partial charge in [0.05, 0.1) is 12.1 Å². The Hall–Kier alpha value is -1.10. The van der Waals surface area contributed by atoms with Gasteiger partial charge in [-0.15, -0.1) is 12.4 Å². The largest absolute Gasteiger partial charge is 0.364 e. The topological polar surface area (TPSA) is 64.4 Å². The lowest BCUT2D eigenvalue weighted by Gasteiger charge is -2.26. The average molecular weight is 339 g/mol. The predicted molar refractivity (Wildman–Crippen MR) is 93.5 cm³/mol. The first kappa shape index (κ1) is 18.2. The first-order valence-electron chi connectivity index (χ1n) is 8.49. The number of nitrogens with two attached hydrogens (primary N) is 1. The van der Waals surface area contributed by atoms with Crippen LogP contribution in [-0.2, 0) is 9.53 Å². The minimum Gasteiger partial charge on any atom is -0.364 e. The summed E-state index contributed by atoms with van der Waals surface area (Å²) in [6.07, 6.45) is 6.28. The molecule has 0 bridgehead atoms. The quantitative estimate of drug-likeness (QED) is 0.867. The number of rotatable bonds is 5. The third-order valence-corrected chi connectivity index (χ3v) is 4.99. The number of carbonyl (C=O) groups is 1. The smallest absolute Gasteiger partial charge is 0.249 e. The van der Waals surface area contributed by atoms with Crippen molar-refractivity contribution in [3.8, 4) is 0 Å². The Kier molecular flexibility index (Phi) is 6.88. The Morgan fingerprint density at radius 2 is 1.87 bits per heavy atom. The molecule has 2 aliphatic rings. The van der Waals surface area contributed by atoms with Crippen molar-refractivity contribution < 1.29 is 9.53 Å². The van der Waals surface area contributed by atoms with Crippen LogP contribution in [0.2, 0.25) is 0 Å². The van der Waals surface area contributed by atoms with Crippen LogP contribution in [0.4, 0.5) is 0 Å². The number of amides is 1. The Balaban J connectivity index is 0.00000192. The van der Waals surface area contributed by atoms with Crippen LogP contribution in [0.25, 0.3) is 0 Å². The molecular weight excluding hydrogens is 312 g/mol. The maximum atomic E-state index is 12.6. The third kappa shape index (κ3) is 4.46. The number of halogens is 1. The van der Waals surface area contributed by atoms with Crippen molar-refractivity contribution in [1.82, 2.24) is 5.32 Å². The molecule has 1 saturated heterocycles. The summed E-state index contributed by atoms with van der Waals surface area (Å²) in [6, 6.07) is 10.4. The number of benzene rings is 1. The van der Waals surface area contributed by atoms with Gasteiger partial charge in [-0.05, 0) is 37.2 Å². The lowest BCUT2D eigenvalue weighted by Crippen LogP contribution is -2.40. The maximum absolute atomic E-state index is 12.6. The maximum Gasteiger partial charge on any atom is 0.249 e. The minimum atomic E-state index is -0.332. The molecule has 0 aromatic heterocycles. The van der Waals surface area contributed by atoms with E-state index in [1.807, 2.05) is 18.2 Å². The van der Waals surface area contributed by atoms with Crippen LogP contribution in [0, 0.1) is 5.92 Å². The van der Waals surface area contributed by atoms with Crippen molar-refractivity contribution in [3.05, 3.63) is 35.9 Å². The van der Waals surface area contributed by atoms with Crippen LogP contribution < -0.4 is 11.1 Å². The second kappa shape index (κ2) is 8.67. The van der Waals surface area contributed by atoms with E-state index < -0.39 is 0 Å². The van der Waals surface area contributed by atoms with Gasteiger partial charge in [-0.25, -0.2) is 0 Å². The van der Waals surface area contributed by atoms with Gasteiger partial charge in [-0.2, -0.15) is 0 Å². The van der Waals surface area contributed by atoms with E-state index in [4.69, 9.17) is 10.5 Å². The van der Waals surface area contributed by atoms with Gasteiger partial charge >= 0.3 is 0 Å². The van der Waals surface area contributed by atoms with Crippen LogP contribution in [0.15, 0.2) is 30.3 Å². The summed E-state index contributed by atoms with van der Waals surface area (Å²) < 4.78 is 5.73. The highest BCUT2D eigenvalue weighted by atomic mass is 35.5. The van der Waals surface area contributed by atoms with Crippen molar-refractivity contribution >= 4 is 18.3 Å². The summed E-state index contributed by atoms with van der Waals surface area (Å²) >= 11 is 0. The molecule has 3 N–H and O–H groups in total. The molecule has 5 heteroatoms. The van der Waals surface area contributed by atoms with Crippen molar-refractivity contribution in [2.45, 2.75) is 56.8 Å². The second-order valence-corrected chi connectivity index (χ2v) is 6.50. The highest BCUT2D eigenvalue weighted by Crippen LogP contribution is 2.36. The second-order valence-electron chi connectivity index (χ2n) is 6.50. The van der Waals surface area contributed by atoms with Crippen molar-refractivity contribution in [2.75, 3.05) is 6.54 Å². The Morgan fingerprint density at radius 3 is 2.48 bits per heavy atom. The molecule has 128 valence electrons. The Labute approximate surface area is 144 Å². The first-order valence-corrected chi connectivity index (χ1v) is 8.49. The van der Waals surface area contributed by atoms with Crippen molar-refractivity contribution in [3.63, 3.8) is 0 Å². The average Bonchev–Trinajstić information content (AvgIpc) is 3.24. The van der Waals surface area contributed by atoms with E-state index in [-0.39, 0.29) is 36.6 Å². The molecule has 1 unspecified atom stereocenters. The fraction of sp³-hybridized carbons (Fsp3) is 0.611. The number of carbonyl (C=O) groups excluding carboxylic acids is 1. The Morgan fingerprint density at radius 1 is 1.17 bits per heavy atom. The number of ether oxygens (including phenoxy) is 1. The van der Waals surface area contributed by atoms with E-state index >= 15 is 0 Å². The van der Waals surface area contributed by atoms with E-state index in [1.165, 1.54) is 31.2 Å². The zero-order chi connectivity index (χ0) is 15.4. The molecule has 3 rings (SSSR count). The molecular formula is C18H27ClN2O2. The lowest BCUT2D eigenvalue weighted by atomic mass is 9.91. The van der Waals surface area contributed by atoms with E-state index in [0.29, 0.717) is 12.5 Å². The molecule has 1 saturated carbocycles. The molecule has 1 aliphatic heterocycles. The van der Waals surface area contributed by atoms with Crippen LogP contribution >= 0.6 is 12.4 Å². The van der Waals surface area contributed by atoms with Gasteiger partial charge in [0.2, 0.25) is 5.91 Å². The predicted octanol–water partition coefficient (Wildman–Crippen LogP) is 2.96. The highest BCUT2D eigenvalue weighted by Gasteiger charge is 2.33. The van der Waals surface area contributed by atoms with Gasteiger partial charge in [0, 0.05) is 6.54 Å². The molecule has 1 aromatic carbocycles. The summed E-state index contributed by atoms with van der Waals surface area (Å²) in [7, 11) is 0. The van der Waals surface area contributed by atoms with E-state index in [2.05, 4.69) is 17.4 Å². The molecule has 2 fully saturated rings. The van der Waals surface area contributed by atoms with Gasteiger partial charge in [0.25, 0.3) is 0 Å². The molecule has 1 aliphatic carbocycles. The van der Waals surface area contributed by atoms with Gasteiger partial charge in [0.15, 0.2) is 0 Å². The SMILES string of the molecule is Cl.NC[C@H]1CC[C@@H](C(=O)NC(c2ccccc2)C2CCCC2)O1. The zero-order valence-electron chi connectivity index (χ0n) is 13.4. The normalized spacial score (nSPS) is 25.8. The van der Waals surface area contributed by atoms with Crippen molar-refractivity contribution in [2.24, 2.45) is 11.7 Å². The number of hydrogen-bond acceptors (Lipinski definition) is 3. The summed E-state index contributed by atoms with van der Waals surface area (Å²) in [4.78, 5) is 12.6. The Bertz CT molecular complexity index is 491. The molecule has 0 radical (unpaired) electrons. The zero-order valence-corrected chi connectivity index (χ0v) is 14.3. The molecule has 1 aromatic rings. The van der Waals surface area contributed by atoms with E-state index in [0.717, 1.165) is 12.8 Å². The van der Waals surface area contributed by atoms with Crippen LogP contribution in [0.1, 0.15) is 50.1 Å². The highest BCUT2D eigenvalue weighted by molar-refractivity contribution is 5.85. The van der Waals surface area contributed by atoms with E-state index in [1.54, 1.807) is 0 Å². The number of hydrogen-bond donors (Lipinski definition) is 2. The summed E-state index contributed by atoms with van der Waals surface area (Å²) in [6.45, 7) is 0.495. The molecule has 1 heterocycles. The molecule has 3 atom stereocenters. The monoisotopic (exact) mass is 338 g/mol. The number of nitrogens with one attached hydrogen (secondary N) is 1. The summed E-state index contributed by atoms with van der Waals surface area (Å²) in [5.41, 5.74) is 6.84. The fourth-order valence-corrected chi connectivity index (χ4v) is 3.74. The summed E-state index contributed by atoms with van der Waals surface area (Å²) in [5, 5.41) is 3.26. The van der Waals surface area contributed by atoms with E-state index in [9.17, 15) is 4.79 Å². The summed E-state index contributed by atoms with van der Waals surface area (Å²) in [5.74, 6) is 0.565.